The highest BCUT2D eigenvalue weighted by Crippen LogP contribution is 2.35. The van der Waals surface area contributed by atoms with Crippen molar-refractivity contribution >= 4 is 17.3 Å². The fraction of sp³-hybridized carbons (Fsp3) is 0.286. The van der Waals surface area contributed by atoms with Crippen LogP contribution in [0.4, 0.5) is 5.69 Å². The third-order valence-corrected chi connectivity index (χ3v) is 3.77. The Hall–Kier alpha value is -2.05. The summed E-state index contributed by atoms with van der Waals surface area (Å²) in [5.41, 5.74) is 2.36. The predicted octanol–water partition coefficient (Wildman–Crippen LogP) is 1.31. The molecule has 1 aromatic heterocycles. The van der Waals surface area contributed by atoms with Gasteiger partial charge in [-0.3, -0.25) is 4.79 Å². The second-order valence-electron chi connectivity index (χ2n) is 4.72. The number of ether oxygens (including phenoxy) is 1. The van der Waals surface area contributed by atoms with Gasteiger partial charge in [0, 0.05) is 18.7 Å². The lowest BCUT2D eigenvalue weighted by molar-refractivity contribution is 0.200. The topological polar surface area (TPSA) is 78.5 Å². The minimum Gasteiger partial charge on any atom is -0.491 e. The van der Waals surface area contributed by atoms with Crippen LogP contribution in [0.15, 0.2) is 29.2 Å². The number of aromatic amines is 1. The van der Waals surface area contributed by atoms with Crippen LogP contribution in [0, 0.1) is 0 Å². The number of fused-ring (bicyclic) bond motifs is 1. The Bertz CT molecular complexity index is 717. The van der Waals surface area contributed by atoms with Crippen molar-refractivity contribution in [3.05, 3.63) is 50.9 Å². The summed E-state index contributed by atoms with van der Waals surface area (Å²) in [6, 6.07) is 5.79. The van der Waals surface area contributed by atoms with Crippen LogP contribution in [0.5, 0.6) is 5.75 Å². The molecule has 6 nitrogen and oxygen atoms in total. The number of hydrogen-bond donors (Lipinski definition) is 2. The minimum absolute atomic E-state index is 0.0306. The number of rotatable bonds is 4. The van der Waals surface area contributed by atoms with Gasteiger partial charge in [0.05, 0.1) is 18.5 Å². The van der Waals surface area contributed by atoms with Gasteiger partial charge in [-0.25, -0.2) is 5.10 Å². The van der Waals surface area contributed by atoms with E-state index < -0.39 is 5.56 Å². The summed E-state index contributed by atoms with van der Waals surface area (Å²) in [7, 11) is 0. The first-order valence-corrected chi connectivity index (χ1v) is 6.91. The zero-order valence-corrected chi connectivity index (χ0v) is 11.9. The van der Waals surface area contributed by atoms with Gasteiger partial charge in [0.25, 0.3) is 5.56 Å². The lowest BCUT2D eigenvalue weighted by atomic mass is 10.1. The zero-order chi connectivity index (χ0) is 14.8. The van der Waals surface area contributed by atoms with Crippen molar-refractivity contribution < 1.29 is 9.84 Å². The maximum absolute atomic E-state index is 11.5. The summed E-state index contributed by atoms with van der Waals surface area (Å²) in [5, 5.41) is 15.1. The molecule has 1 aliphatic rings. The van der Waals surface area contributed by atoms with Crippen molar-refractivity contribution in [2.45, 2.75) is 13.1 Å². The van der Waals surface area contributed by atoms with E-state index in [0.717, 1.165) is 16.9 Å². The minimum atomic E-state index is -0.401. The van der Waals surface area contributed by atoms with E-state index in [0.29, 0.717) is 18.8 Å². The van der Waals surface area contributed by atoms with Crippen molar-refractivity contribution in [2.24, 2.45) is 0 Å². The highest BCUT2D eigenvalue weighted by molar-refractivity contribution is 6.33. The van der Waals surface area contributed by atoms with E-state index in [1.165, 1.54) is 0 Å². The second-order valence-corrected chi connectivity index (χ2v) is 5.10. The molecule has 2 heterocycles. The van der Waals surface area contributed by atoms with Crippen LogP contribution in [-0.2, 0) is 13.1 Å². The van der Waals surface area contributed by atoms with Gasteiger partial charge >= 0.3 is 0 Å². The number of nitrogens with one attached hydrogen (secondary N) is 1. The highest BCUT2D eigenvalue weighted by Gasteiger charge is 2.25. The third kappa shape index (κ3) is 2.59. The van der Waals surface area contributed by atoms with Crippen LogP contribution in [0.25, 0.3) is 0 Å². The molecule has 0 atom stereocenters. The molecule has 0 aliphatic carbocycles. The van der Waals surface area contributed by atoms with Crippen molar-refractivity contribution in [3.8, 4) is 5.75 Å². The molecule has 0 fully saturated rings. The monoisotopic (exact) mass is 307 g/mol. The van der Waals surface area contributed by atoms with Crippen molar-refractivity contribution in [3.63, 3.8) is 0 Å². The molecule has 1 aromatic carbocycles. The fourth-order valence-electron chi connectivity index (χ4n) is 2.45. The molecular weight excluding hydrogens is 294 g/mol. The average Bonchev–Trinajstić information content (AvgIpc) is 2.92. The molecule has 0 amide bonds. The molecule has 1 aliphatic heterocycles. The molecule has 2 N–H and O–H groups in total. The predicted molar refractivity (Wildman–Crippen MR) is 78.8 cm³/mol. The highest BCUT2D eigenvalue weighted by atomic mass is 35.5. The molecule has 2 aromatic rings. The van der Waals surface area contributed by atoms with Gasteiger partial charge in [0.1, 0.15) is 17.4 Å². The van der Waals surface area contributed by atoms with E-state index in [1.54, 1.807) is 6.20 Å². The Morgan fingerprint density at radius 2 is 2.29 bits per heavy atom. The van der Waals surface area contributed by atoms with Crippen LogP contribution < -0.4 is 15.2 Å². The summed E-state index contributed by atoms with van der Waals surface area (Å²) in [5.74, 6) is 0.748. The lowest BCUT2D eigenvalue weighted by Crippen LogP contribution is -2.20. The van der Waals surface area contributed by atoms with Crippen molar-refractivity contribution in [2.75, 3.05) is 18.1 Å². The van der Waals surface area contributed by atoms with Gasteiger partial charge in [0.15, 0.2) is 0 Å². The second kappa shape index (κ2) is 5.75. The molecule has 0 saturated carbocycles. The maximum Gasteiger partial charge on any atom is 0.285 e. The van der Waals surface area contributed by atoms with Gasteiger partial charge in [0.2, 0.25) is 0 Å². The number of benzene rings is 1. The van der Waals surface area contributed by atoms with Gasteiger partial charge in [-0.1, -0.05) is 23.7 Å². The number of aromatic nitrogens is 2. The standard InChI is InChI=1S/C14H14ClN3O3/c15-13-11(6-16-17-14(13)20)18-7-9-2-1-3-12(10(9)8-18)21-5-4-19/h1-3,6,19H,4-5,7-8H2,(H,17,20). The summed E-state index contributed by atoms with van der Waals surface area (Å²) >= 11 is 6.05. The Labute approximate surface area is 125 Å². The average molecular weight is 308 g/mol. The fourth-order valence-corrected chi connectivity index (χ4v) is 2.66. The molecule has 0 radical (unpaired) electrons. The zero-order valence-electron chi connectivity index (χ0n) is 11.2. The van der Waals surface area contributed by atoms with Crippen LogP contribution in [0.3, 0.4) is 0 Å². The molecule has 0 saturated heterocycles. The van der Waals surface area contributed by atoms with Gasteiger partial charge in [-0.2, -0.15) is 5.10 Å². The molecule has 7 heteroatoms. The number of H-pyrrole nitrogens is 1. The number of aliphatic hydroxyl groups excluding tert-OH is 1. The van der Waals surface area contributed by atoms with Crippen molar-refractivity contribution in [1.29, 1.82) is 0 Å². The summed E-state index contributed by atoms with van der Waals surface area (Å²) in [6.45, 7) is 1.44. The van der Waals surface area contributed by atoms with E-state index in [1.807, 2.05) is 23.1 Å². The summed E-state index contributed by atoms with van der Waals surface area (Å²) in [6.07, 6.45) is 1.55. The number of anilines is 1. The number of hydrogen-bond acceptors (Lipinski definition) is 5. The van der Waals surface area contributed by atoms with E-state index in [4.69, 9.17) is 21.4 Å². The maximum atomic E-state index is 11.5. The lowest BCUT2D eigenvalue weighted by Gasteiger charge is -2.17. The van der Waals surface area contributed by atoms with Gasteiger partial charge in [-0.15, -0.1) is 0 Å². The van der Waals surface area contributed by atoms with E-state index in [-0.39, 0.29) is 18.2 Å². The number of aliphatic hydroxyl groups is 1. The SMILES string of the molecule is O=c1[nH]ncc(N2Cc3cccc(OCCO)c3C2)c1Cl. The van der Waals surface area contributed by atoms with E-state index in [9.17, 15) is 4.79 Å². The molecule has 110 valence electrons. The smallest absolute Gasteiger partial charge is 0.285 e. The van der Waals surface area contributed by atoms with E-state index >= 15 is 0 Å². The molecule has 0 spiro atoms. The summed E-state index contributed by atoms with van der Waals surface area (Å²) < 4.78 is 5.54. The third-order valence-electron chi connectivity index (χ3n) is 3.41. The molecule has 21 heavy (non-hydrogen) atoms. The first kappa shape index (κ1) is 13.9. The molecule has 3 rings (SSSR count). The molecule has 0 bridgehead atoms. The Kier molecular flexibility index (Phi) is 3.81. The van der Waals surface area contributed by atoms with Gasteiger partial charge in [-0.05, 0) is 11.6 Å². The van der Waals surface area contributed by atoms with Crippen LogP contribution in [0.2, 0.25) is 5.02 Å². The summed E-state index contributed by atoms with van der Waals surface area (Å²) in [4.78, 5) is 13.5. The first-order chi connectivity index (χ1) is 10.2. The number of halogens is 1. The quantitative estimate of drug-likeness (QED) is 0.890. The molecular formula is C14H14ClN3O3. The van der Waals surface area contributed by atoms with Crippen LogP contribution in [-0.4, -0.2) is 28.5 Å². The normalized spacial score (nSPS) is 13.3. The molecule has 0 unspecified atom stereocenters. The number of nitrogens with zero attached hydrogens (tertiary/aromatic N) is 2. The first-order valence-electron chi connectivity index (χ1n) is 6.53. The van der Waals surface area contributed by atoms with Crippen molar-refractivity contribution in [1.82, 2.24) is 10.2 Å². The van der Waals surface area contributed by atoms with Crippen LogP contribution in [0.1, 0.15) is 11.1 Å². The van der Waals surface area contributed by atoms with Gasteiger partial charge < -0.3 is 14.7 Å². The largest absolute Gasteiger partial charge is 0.491 e. The Morgan fingerprint density at radius 3 is 3.10 bits per heavy atom. The Morgan fingerprint density at radius 1 is 1.43 bits per heavy atom. The van der Waals surface area contributed by atoms with E-state index in [2.05, 4.69) is 10.2 Å². The Balaban J connectivity index is 1.91. The van der Waals surface area contributed by atoms with Crippen LogP contribution >= 0.6 is 11.6 Å².